The summed E-state index contributed by atoms with van der Waals surface area (Å²) in [6.45, 7) is 0. The molecule has 0 unspecified atom stereocenters. The fourth-order valence-corrected chi connectivity index (χ4v) is 3.66. The van der Waals surface area contributed by atoms with E-state index >= 15 is 0 Å². The number of rotatable bonds is 4. The summed E-state index contributed by atoms with van der Waals surface area (Å²) in [6, 6.07) is 14.8. The quantitative estimate of drug-likeness (QED) is 0.608. The zero-order valence-corrected chi connectivity index (χ0v) is 14.8. The van der Waals surface area contributed by atoms with Gasteiger partial charge in [0, 0.05) is 11.6 Å². The van der Waals surface area contributed by atoms with Crippen molar-refractivity contribution in [1.82, 2.24) is 0 Å². The van der Waals surface area contributed by atoms with Gasteiger partial charge in [0.15, 0.2) is 4.32 Å². The molecule has 0 radical (unpaired) electrons. The first kappa shape index (κ1) is 16.5. The largest absolute Gasteiger partial charge is 0.497 e. The van der Waals surface area contributed by atoms with Gasteiger partial charge < -0.3 is 9.47 Å². The molecular weight excluding hydrogens is 342 g/mol. The molecule has 1 saturated heterocycles. The molecule has 24 heavy (non-hydrogen) atoms. The number of amides is 1. The van der Waals surface area contributed by atoms with Crippen LogP contribution >= 0.6 is 24.0 Å². The van der Waals surface area contributed by atoms with Crippen LogP contribution < -0.4 is 14.4 Å². The van der Waals surface area contributed by atoms with E-state index in [1.807, 2.05) is 42.5 Å². The van der Waals surface area contributed by atoms with Crippen molar-refractivity contribution in [3.8, 4) is 11.5 Å². The molecular formula is C18H15NO3S2. The Balaban J connectivity index is 1.95. The van der Waals surface area contributed by atoms with Gasteiger partial charge in [0.25, 0.3) is 5.91 Å². The molecule has 2 aromatic rings. The predicted octanol–water partition coefficient (Wildman–Crippen LogP) is 4.11. The average Bonchev–Trinajstić information content (AvgIpc) is 2.89. The van der Waals surface area contributed by atoms with Crippen LogP contribution in [0.15, 0.2) is 53.4 Å². The van der Waals surface area contributed by atoms with Crippen molar-refractivity contribution in [2.45, 2.75) is 0 Å². The van der Waals surface area contributed by atoms with Crippen LogP contribution in [0.3, 0.4) is 0 Å². The SMILES string of the molecule is COc1cccc(N2C(=O)C(=Cc3ccccc3OC)SC2=S)c1. The van der Waals surface area contributed by atoms with E-state index in [0.29, 0.717) is 26.4 Å². The number of anilines is 1. The van der Waals surface area contributed by atoms with Gasteiger partial charge in [0.05, 0.1) is 24.8 Å². The molecule has 0 spiro atoms. The number of thioether (sulfide) groups is 1. The van der Waals surface area contributed by atoms with Crippen molar-refractivity contribution in [1.29, 1.82) is 0 Å². The van der Waals surface area contributed by atoms with Gasteiger partial charge in [-0.2, -0.15) is 0 Å². The first-order valence-corrected chi connectivity index (χ1v) is 8.41. The van der Waals surface area contributed by atoms with Gasteiger partial charge in [-0.3, -0.25) is 9.69 Å². The van der Waals surface area contributed by atoms with Crippen LogP contribution in [0.2, 0.25) is 0 Å². The van der Waals surface area contributed by atoms with Crippen molar-refractivity contribution in [3.63, 3.8) is 0 Å². The van der Waals surface area contributed by atoms with E-state index in [1.54, 1.807) is 26.4 Å². The van der Waals surface area contributed by atoms with Crippen LogP contribution in [0.4, 0.5) is 5.69 Å². The van der Waals surface area contributed by atoms with Crippen molar-refractivity contribution in [2.75, 3.05) is 19.1 Å². The number of carbonyl (C=O) groups is 1. The van der Waals surface area contributed by atoms with Gasteiger partial charge in [-0.25, -0.2) is 0 Å². The lowest BCUT2D eigenvalue weighted by molar-refractivity contribution is -0.113. The molecule has 0 aliphatic carbocycles. The highest BCUT2D eigenvalue weighted by Gasteiger charge is 2.33. The topological polar surface area (TPSA) is 38.8 Å². The van der Waals surface area contributed by atoms with Crippen LogP contribution in [0.1, 0.15) is 5.56 Å². The van der Waals surface area contributed by atoms with Gasteiger partial charge in [-0.05, 0) is 24.3 Å². The number of carbonyl (C=O) groups excluding carboxylic acids is 1. The Morgan fingerprint density at radius 3 is 2.62 bits per heavy atom. The monoisotopic (exact) mass is 357 g/mol. The van der Waals surface area contributed by atoms with Crippen molar-refractivity contribution in [2.24, 2.45) is 0 Å². The molecule has 0 aromatic heterocycles. The summed E-state index contributed by atoms with van der Waals surface area (Å²) in [6.07, 6.45) is 1.80. The van der Waals surface area contributed by atoms with Gasteiger partial charge in [0.2, 0.25) is 0 Å². The van der Waals surface area contributed by atoms with Gasteiger partial charge in [-0.15, -0.1) is 0 Å². The van der Waals surface area contributed by atoms with E-state index in [1.165, 1.54) is 16.7 Å². The van der Waals surface area contributed by atoms with Gasteiger partial charge >= 0.3 is 0 Å². The van der Waals surface area contributed by atoms with E-state index in [9.17, 15) is 4.79 Å². The Bertz CT molecular complexity index is 833. The standard InChI is InChI=1S/C18H15NO3S2/c1-21-14-8-5-7-13(11-14)19-17(20)16(24-18(19)23)10-12-6-3-4-9-15(12)22-2/h3-11H,1-2H3. The molecule has 0 bridgehead atoms. The van der Waals surface area contributed by atoms with E-state index in [0.717, 1.165) is 5.56 Å². The molecule has 3 rings (SSSR count). The lowest BCUT2D eigenvalue weighted by Gasteiger charge is -2.15. The molecule has 4 nitrogen and oxygen atoms in total. The average molecular weight is 357 g/mol. The number of para-hydroxylation sites is 1. The van der Waals surface area contributed by atoms with Crippen LogP contribution in [0, 0.1) is 0 Å². The molecule has 1 amide bonds. The number of hydrogen-bond acceptors (Lipinski definition) is 5. The summed E-state index contributed by atoms with van der Waals surface area (Å²) < 4.78 is 11.0. The third-order valence-corrected chi connectivity index (χ3v) is 4.83. The molecule has 0 atom stereocenters. The second-order valence-corrected chi connectivity index (χ2v) is 6.64. The maximum atomic E-state index is 12.8. The third kappa shape index (κ3) is 3.16. The predicted molar refractivity (Wildman–Crippen MR) is 102 cm³/mol. The van der Waals surface area contributed by atoms with E-state index in [2.05, 4.69) is 0 Å². The fourth-order valence-electron chi connectivity index (χ4n) is 2.37. The third-order valence-electron chi connectivity index (χ3n) is 3.53. The van der Waals surface area contributed by atoms with Gasteiger partial charge in [0.1, 0.15) is 11.5 Å². The van der Waals surface area contributed by atoms with Crippen LogP contribution in [-0.4, -0.2) is 24.4 Å². The van der Waals surface area contributed by atoms with E-state index < -0.39 is 0 Å². The molecule has 0 saturated carbocycles. The first-order valence-electron chi connectivity index (χ1n) is 7.19. The van der Waals surface area contributed by atoms with Crippen molar-refractivity contribution in [3.05, 3.63) is 59.0 Å². The molecule has 1 heterocycles. The highest BCUT2D eigenvalue weighted by atomic mass is 32.2. The molecule has 122 valence electrons. The minimum atomic E-state index is -0.149. The highest BCUT2D eigenvalue weighted by Crippen LogP contribution is 2.37. The van der Waals surface area contributed by atoms with Crippen molar-refractivity contribution < 1.29 is 14.3 Å². The zero-order valence-electron chi connectivity index (χ0n) is 13.2. The highest BCUT2D eigenvalue weighted by molar-refractivity contribution is 8.27. The smallest absolute Gasteiger partial charge is 0.270 e. The Morgan fingerprint density at radius 2 is 1.88 bits per heavy atom. The Labute approximate surface area is 150 Å². The van der Waals surface area contributed by atoms with E-state index in [-0.39, 0.29) is 5.91 Å². The van der Waals surface area contributed by atoms with Crippen LogP contribution in [0.25, 0.3) is 6.08 Å². The lowest BCUT2D eigenvalue weighted by Crippen LogP contribution is -2.27. The Hall–Kier alpha value is -2.31. The minimum absolute atomic E-state index is 0.149. The Kier molecular flexibility index (Phi) is 4.87. The maximum Gasteiger partial charge on any atom is 0.270 e. The Morgan fingerprint density at radius 1 is 1.08 bits per heavy atom. The minimum Gasteiger partial charge on any atom is -0.497 e. The van der Waals surface area contributed by atoms with Crippen LogP contribution in [0.5, 0.6) is 11.5 Å². The van der Waals surface area contributed by atoms with Crippen LogP contribution in [-0.2, 0) is 4.79 Å². The first-order chi connectivity index (χ1) is 11.6. The number of nitrogens with zero attached hydrogens (tertiary/aromatic N) is 1. The number of ether oxygens (including phenoxy) is 2. The molecule has 1 aliphatic rings. The number of benzene rings is 2. The second kappa shape index (κ2) is 7.07. The van der Waals surface area contributed by atoms with Crippen molar-refractivity contribution >= 4 is 46.0 Å². The van der Waals surface area contributed by atoms with E-state index in [4.69, 9.17) is 21.7 Å². The summed E-state index contributed by atoms with van der Waals surface area (Å²) in [4.78, 5) is 14.9. The molecule has 0 N–H and O–H groups in total. The number of methoxy groups -OCH3 is 2. The molecule has 2 aromatic carbocycles. The van der Waals surface area contributed by atoms with Gasteiger partial charge in [-0.1, -0.05) is 48.2 Å². The normalized spacial score (nSPS) is 15.9. The molecule has 1 fully saturated rings. The summed E-state index contributed by atoms with van der Waals surface area (Å²) in [5, 5.41) is 0. The maximum absolute atomic E-state index is 12.8. The zero-order chi connectivity index (χ0) is 17.1. The molecule has 6 heteroatoms. The second-order valence-electron chi connectivity index (χ2n) is 4.96. The number of thiocarbonyl (C=S) groups is 1. The summed E-state index contributed by atoms with van der Waals surface area (Å²) >= 11 is 6.67. The lowest BCUT2D eigenvalue weighted by atomic mass is 10.2. The molecule has 1 aliphatic heterocycles. The summed E-state index contributed by atoms with van der Waals surface area (Å²) in [5.74, 6) is 1.24. The summed E-state index contributed by atoms with van der Waals surface area (Å²) in [7, 11) is 3.19. The summed E-state index contributed by atoms with van der Waals surface area (Å²) in [5.41, 5.74) is 1.53. The number of hydrogen-bond donors (Lipinski definition) is 0. The fraction of sp³-hybridized carbons (Fsp3) is 0.111.